The van der Waals surface area contributed by atoms with Gasteiger partial charge in [0, 0.05) is 6.07 Å². The molecular formula is C10H10O3. The van der Waals surface area contributed by atoms with Crippen molar-refractivity contribution in [3.05, 3.63) is 36.4 Å². The van der Waals surface area contributed by atoms with E-state index in [9.17, 15) is 9.90 Å². The molecule has 0 saturated heterocycles. The molecule has 0 aliphatic rings. The Hall–Kier alpha value is -1.77. The lowest BCUT2D eigenvalue weighted by molar-refractivity contribution is 0.104. The van der Waals surface area contributed by atoms with Crippen LogP contribution in [-0.4, -0.2) is 18.0 Å². The molecule has 3 nitrogen and oxygen atoms in total. The summed E-state index contributed by atoms with van der Waals surface area (Å²) in [6.45, 7) is 3.33. The van der Waals surface area contributed by atoms with Crippen LogP contribution in [0, 0.1) is 0 Å². The molecule has 0 radical (unpaired) electrons. The highest BCUT2D eigenvalue weighted by molar-refractivity contribution is 6.06. The van der Waals surface area contributed by atoms with Crippen LogP contribution in [0.4, 0.5) is 0 Å². The molecule has 3 heteroatoms. The van der Waals surface area contributed by atoms with Crippen LogP contribution in [0.1, 0.15) is 10.4 Å². The highest BCUT2D eigenvalue weighted by Crippen LogP contribution is 2.23. The average molecular weight is 178 g/mol. The standard InChI is InChI=1S/C10H10O3/c1-3-9(11)8-5-4-7(13-2)6-10(8)12/h3-6,12H,1H2,2H3. The largest absolute Gasteiger partial charge is 0.507 e. The summed E-state index contributed by atoms with van der Waals surface area (Å²) in [7, 11) is 1.49. The van der Waals surface area contributed by atoms with Crippen LogP contribution in [0.5, 0.6) is 11.5 Å². The maximum atomic E-state index is 11.1. The molecule has 0 unspecified atom stereocenters. The highest BCUT2D eigenvalue weighted by atomic mass is 16.5. The predicted octanol–water partition coefficient (Wildman–Crippen LogP) is 1.77. The SMILES string of the molecule is C=CC(=O)c1ccc(OC)cc1O. The monoisotopic (exact) mass is 178 g/mol. The number of carbonyl (C=O) groups is 1. The van der Waals surface area contributed by atoms with Crippen LogP contribution in [0.25, 0.3) is 0 Å². The van der Waals surface area contributed by atoms with Crippen LogP contribution in [0.3, 0.4) is 0 Å². The second-order valence-electron chi connectivity index (χ2n) is 2.45. The first kappa shape index (κ1) is 9.32. The Morgan fingerprint density at radius 3 is 2.77 bits per heavy atom. The Labute approximate surface area is 76.3 Å². The molecule has 13 heavy (non-hydrogen) atoms. The van der Waals surface area contributed by atoms with Crippen molar-refractivity contribution in [1.29, 1.82) is 0 Å². The Morgan fingerprint density at radius 1 is 1.62 bits per heavy atom. The fourth-order valence-corrected chi connectivity index (χ4v) is 0.957. The van der Waals surface area contributed by atoms with E-state index in [2.05, 4.69) is 6.58 Å². The van der Waals surface area contributed by atoms with Gasteiger partial charge >= 0.3 is 0 Å². The Morgan fingerprint density at radius 2 is 2.31 bits per heavy atom. The van der Waals surface area contributed by atoms with E-state index in [1.54, 1.807) is 6.07 Å². The van der Waals surface area contributed by atoms with Crippen molar-refractivity contribution in [2.75, 3.05) is 7.11 Å². The average Bonchev–Trinajstić information content (AvgIpc) is 2.16. The van der Waals surface area contributed by atoms with E-state index < -0.39 is 0 Å². The van der Waals surface area contributed by atoms with Gasteiger partial charge in [0.05, 0.1) is 12.7 Å². The van der Waals surface area contributed by atoms with Crippen molar-refractivity contribution in [3.8, 4) is 11.5 Å². The second-order valence-corrected chi connectivity index (χ2v) is 2.45. The molecule has 0 spiro atoms. The highest BCUT2D eigenvalue weighted by Gasteiger charge is 2.07. The van der Waals surface area contributed by atoms with Gasteiger partial charge in [-0.25, -0.2) is 0 Å². The van der Waals surface area contributed by atoms with Gasteiger partial charge in [-0.15, -0.1) is 0 Å². The summed E-state index contributed by atoms with van der Waals surface area (Å²) in [5, 5.41) is 9.38. The van der Waals surface area contributed by atoms with E-state index in [1.807, 2.05) is 0 Å². The maximum Gasteiger partial charge on any atom is 0.188 e. The first-order chi connectivity index (χ1) is 6.19. The third kappa shape index (κ3) is 1.87. The summed E-state index contributed by atoms with van der Waals surface area (Å²) < 4.78 is 4.87. The van der Waals surface area contributed by atoms with Crippen LogP contribution in [-0.2, 0) is 0 Å². The van der Waals surface area contributed by atoms with Gasteiger partial charge in [-0.1, -0.05) is 6.58 Å². The molecule has 0 bridgehead atoms. The minimum Gasteiger partial charge on any atom is -0.507 e. The molecule has 68 valence electrons. The lowest BCUT2D eigenvalue weighted by Crippen LogP contribution is -1.94. The molecule has 0 atom stereocenters. The zero-order chi connectivity index (χ0) is 9.84. The van der Waals surface area contributed by atoms with Crippen molar-refractivity contribution in [2.45, 2.75) is 0 Å². The molecule has 1 N–H and O–H groups in total. The lowest BCUT2D eigenvalue weighted by atomic mass is 10.1. The summed E-state index contributed by atoms with van der Waals surface area (Å²) >= 11 is 0. The van der Waals surface area contributed by atoms with E-state index in [1.165, 1.54) is 19.2 Å². The smallest absolute Gasteiger partial charge is 0.188 e. The Balaban J connectivity index is 3.12. The fourth-order valence-electron chi connectivity index (χ4n) is 0.957. The Bertz CT molecular complexity index is 342. The number of hydrogen-bond acceptors (Lipinski definition) is 3. The minimum atomic E-state index is -0.305. The topological polar surface area (TPSA) is 46.5 Å². The second kappa shape index (κ2) is 3.76. The van der Waals surface area contributed by atoms with Crippen molar-refractivity contribution in [3.63, 3.8) is 0 Å². The Kier molecular flexibility index (Phi) is 2.69. The number of methoxy groups -OCH3 is 1. The molecule has 1 aromatic rings. The molecule has 0 aromatic heterocycles. The van der Waals surface area contributed by atoms with Gasteiger partial charge in [-0.3, -0.25) is 4.79 Å². The molecule has 0 saturated carbocycles. The maximum absolute atomic E-state index is 11.1. The van der Waals surface area contributed by atoms with E-state index in [4.69, 9.17) is 4.74 Å². The number of allylic oxidation sites excluding steroid dienone is 1. The summed E-state index contributed by atoms with van der Waals surface area (Å²) in [6.07, 6.45) is 1.15. The molecule has 0 aliphatic carbocycles. The molecule has 0 aliphatic heterocycles. The first-order valence-electron chi connectivity index (χ1n) is 3.73. The zero-order valence-electron chi connectivity index (χ0n) is 7.28. The number of rotatable bonds is 3. The molecule has 1 aromatic carbocycles. The van der Waals surface area contributed by atoms with Gasteiger partial charge in [-0.2, -0.15) is 0 Å². The van der Waals surface area contributed by atoms with Gasteiger partial charge in [-0.05, 0) is 18.2 Å². The molecule has 0 amide bonds. The molecule has 1 rings (SSSR count). The van der Waals surface area contributed by atoms with Gasteiger partial charge in [0.25, 0.3) is 0 Å². The van der Waals surface area contributed by atoms with Crippen LogP contribution < -0.4 is 4.74 Å². The van der Waals surface area contributed by atoms with E-state index in [0.29, 0.717) is 5.75 Å². The minimum absolute atomic E-state index is 0.0933. The molecular weight excluding hydrogens is 168 g/mol. The van der Waals surface area contributed by atoms with Gasteiger partial charge in [0.2, 0.25) is 0 Å². The summed E-state index contributed by atoms with van der Waals surface area (Å²) in [5.74, 6) is 0.113. The third-order valence-electron chi connectivity index (χ3n) is 1.66. The van der Waals surface area contributed by atoms with Crippen molar-refractivity contribution < 1.29 is 14.6 Å². The van der Waals surface area contributed by atoms with Crippen LogP contribution in [0.2, 0.25) is 0 Å². The van der Waals surface area contributed by atoms with E-state index in [0.717, 1.165) is 6.08 Å². The number of aromatic hydroxyl groups is 1. The van der Waals surface area contributed by atoms with Crippen LogP contribution >= 0.6 is 0 Å². The quantitative estimate of drug-likeness (QED) is 0.566. The van der Waals surface area contributed by atoms with Crippen molar-refractivity contribution >= 4 is 5.78 Å². The summed E-state index contributed by atoms with van der Waals surface area (Å²) in [6, 6.07) is 4.49. The number of ketones is 1. The number of phenolic OH excluding ortho intramolecular Hbond substituents is 1. The number of benzene rings is 1. The fraction of sp³-hybridized carbons (Fsp3) is 0.100. The first-order valence-corrected chi connectivity index (χ1v) is 3.73. The number of ether oxygens (including phenoxy) is 1. The predicted molar refractivity (Wildman–Crippen MR) is 49.2 cm³/mol. The molecule has 0 heterocycles. The van der Waals surface area contributed by atoms with Gasteiger partial charge in [0.1, 0.15) is 11.5 Å². The molecule has 0 fully saturated rings. The normalized spacial score (nSPS) is 9.31. The lowest BCUT2D eigenvalue weighted by Gasteiger charge is -2.03. The van der Waals surface area contributed by atoms with Gasteiger partial charge in [0.15, 0.2) is 5.78 Å². The summed E-state index contributed by atoms with van der Waals surface area (Å²) in [4.78, 5) is 11.1. The zero-order valence-corrected chi connectivity index (χ0v) is 7.28. The van der Waals surface area contributed by atoms with Crippen molar-refractivity contribution in [2.24, 2.45) is 0 Å². The van der Waals surface area contributed by atoms with E-state index >= 15 is 0 Å². The summed E-state index contributed by atoms with van der Waals surface area (Å²) in [5.41, 5.74) is 0.232. The van der Waals surface area contributed by atoms with Gasteiger partial charge < -0.3 is 9.84 Å². The third-order valence-corrected chi connectivity index (χ3v) is 1.66. The number of phenols is 1. The van der Waals surface area contributed by atoms with E-state index in [-0.39, 0.29) is 17.1 Å². The van der Waals surface area contributed by atoms with Crippen LogP contribution in [0.15, 0.2) is 30.9 Å². The van der Waals surface area contributed by atoms with Crippen molar-refractivity contribution in [1.82, 2.24) is 0 Å². The number of hydrogen-bond donors (Lipinski definition) is 1. The number of carbonyl (C=O) groups excluding carboxylic acids is 1.